The Labute approximate surface area is 139 Å². The summed E-state index contributed by atoms with van der Waals surface area (Å²) in [6, 6.07) is 13.7. The number of amides is 1. The third-order valence-corrected chi connectivity index (χ3v) is 3.86. The highest BCUT2D eigenvalue weighted by Crippen LogP contribution is 2.50. The molecule has 0 saturated heterocycles. The number of esters is 1. The molecule has 0 radical (unpaired) electrons. The van der Waals surface area contributed by atoms with Gasteiger partial charge in [0.2, 0.25) is 0 Å². The molecule has 0 fully saturated rings. The average molecular weight is 323 g/mol. The van der Waals surface area contributed by atoms with E-state index in [4.69, 9.17) is 9.47 Å². The minimum Gasteiger partial charge on any atom is -0.465 e. The molecule has 0 spiro atoms. The van der Waals surface area contributed by atoms with Crippen LogP contribution in [0.4, 0.5) is 4.79 Å². The number of carbonyl (C=O) groups excluding carboxylic acids is 2. The zero-order chi connectivity index (χ0) is 17.1. The van der Waals surface area contributed by atoms with Crippen LogP contribution in [0.3, 0.4) is 0 Å². The Morgan fingerprint density at radius 1 is 1.04 bits per heavy atom. The first-order valence-corrected chi connectivity index (χ1v) is 7.62. The zero-order valence-electron chi connectivity index (χ0n) is 13.5. The van der Waals surface area contributed by atoms with Gasteiger partial charge in [0.1, 0.15) is 0 Å². The van der Waals surface area contributed by atoms with E-state index in [1.165, 1.54) is 13.3 Å². The fourth-order valence-corrected chi connectivity index (χ4v) is 2.83. The van der Waals surface area contributed by atoms with Crippen molar-refractivity contribution in [1.29, 1.82) is 0 Å². The van der Waals surface area contributed by atoms with Crippen LogP contribution in [0.15, 0.2) is 48.7 Å². The van der Waals surface area contributed by atoms with Crippen LogP contribution in [0.2, 0.25) is 0 Å². The minimum absolute atomic E-state index is 0.251. The Bertz CT molecular complexity index is 839. The van der Waals surface area contributed by atoms with E-state index in [1.54, 1.807) is 6.92 Å². The van der Waals surface area contributed by atoms with E-state index in [9.17, 15) is 9.59 Å². The number of hydrogen-bond acceptors (Lipinski definition) is 4. The smallest absolute Gasteiger partial charge is 0.411 e. The molecule has 0 saturated carbocycles. The number of rotatable bonds is 4. The number of carbonyl (C=O) groups is 2. The van der Waals surface area contributed by atoms with Crippen LogP contribution in [-0.4, -0.2) is 25.8 Å². The minimum atomic E-state index is -0.617. The van der Waals surface area contributed by atoms with Crippen molar-refractivity contribution in [2.75, 3.05) is 13.7 Å². The molecule has 0 unspecified atom stereocenters. The van der Waals surface area contributed by atoms with Crippen molar-refractivity contribution >= 4 is 17.6 Å². The van der Waals surface area contributed by atoms with E-state index in [0.717, 1.165) is 27.8 Å². The fraction of sp³-hybridized carbons (Fsp3) is 0.158. The number of hydrogen-bond donors (Lipinski definition) is 1. The monoisotopic (exact) mass is 323 g/mol. The molecule has 2 aromatic rings. The topological polar surface area (TPSA) is 64.6 Å². The summed E-state index contributed by atoms with van der Waals surface area (Å²) < 4.78 is 9.69. The predicted octanol–water partition coefficient (Wildman–Crippen LogP) is 3.59. The van der Waals surface area contributed by atoms with Crippen LogP contribution in [0.25, 0.3) is 27.8 Å². The normalized spacial score (nSPS) is 11.7. The van der Waals surface area contributed by atoms with Crippen molar-refractivity contribution in [2.45, 2.75) is 6.92 Å². The van der Waals surface area contributed by atoms with E-state index >= 15 is 0 Å². The molecule has 1 amide bonds. The van der Waals surface area contributed by atoms with Crippen LogP contribution in [0.5, 0.6) is 0 Å². The molecule has 1 aliphatic rings. The summed E-state index contributed by atoms with van der Waals surface area (Å²) in [6.45, 7) is 1.96. The second-order valence-electron chi connectivity index (χ2n) is 5.19. The average Bonchev–Trinajstić information content (AvgIpc) is 2.59. The maximum Gasteiger partial charge on any atom is 0.411 e. The molecule has 0 bridgehead atoms. The lowest BCUT2D eigenvalue weighted by atomic mass is 9.76. The van der Waals surface area contributed by atoms with Gasteiger partial charge in [0.25, 0.3) is 0 Å². The van der Waals surface area contributed by atoms with Crippen LogP contribution >= 0.6 is 0 Å². The van der Waals surface area contributed by atoms with Crippen LogP contribution in [0.1, 0.15) is 12.5 Å². The Morgan fingerprint density at radius 2 is 1.75 bits per heavy atom. The van der Waals surface area contributed by atoms with Gasteiger partial charge < -0.3 is 9.47 Å². The Morgan fingerprint density at radius 3 is 2.46 bits per heavy atom. The van der Waals surface area contributed by atoms with Crippen molar-refractivity contribution in [1.82, 2.24) is 5.32 Å². The number of ether oxygens (including phenoxy) is 2. The first-order valence-electron chi connectivity index (χ1n) is 7.62. The van der Waals surface area contributed by atoms with Crippen LogP contribution in [0, 0.1) is 0 Å². The highest BCUT2D eigenvalue weighted by atomic mass is 16.5. The molecule has 122 valence electrons. The van der Waals surface area contributed by atoms with E-state index in [2.05, 4.69) is 5.32 Å². The molecule has 0 atom stereocenters. The number of methoxy groups -OCH3 is 1. The Balaban J connectivity index is 2.02. The van der Waals surface area contributed by atoms with Crippen LogP contribution < -0.4 is 5.32 Å². The molecular weight excluding hydrogens is 306 g/mol. The lowest BCUT2D eigenvalue weighted by Crippen LogP contribution is -2.20. The molecule has 1 N–H and O–H groups in total. The number of fused-ring (bicyclic) bond motifs is 4. The highest BCUT2D eigenvalue weighted by molar-refractivity contribution is 6.21. The van der Waals surface area contributed by atoms with Crippen molar-refractivity contribution < 1.29 is 19.1 Å². The van der Waals surface area contributed by atoms with E-state index < -0.39 is 12.1 Å². The highest BCUT2D eigenvalue weighted by Gasteiger charge is 2.28. The summed E-state index contributed by atoms with van der Waals surface area (Å²) in [5.41, 5.74) is 5.28. The predicted molar refractivity (Wildman–Crippen MR) is 91.0 cm³/mol. The summed E-state index contributed by atoms with van der Waals surface area (Å²) >= 11 is 0. The fourth-order valence-electron chi connectivity index (χ4n) is 2.83. The summed E-state index contributed by atoms with van der Waals surface area (Å²) in [7, 11) is 1.31. The second kappa shape index (κ2) is 6.58. The van der Waals surface area contributed by atoms with Gasteiger partial charge in [-0.2, -0.15) is 0 Å². The maximum absolute atomic E-state index is 12.2. The van der Waals surface area contributed by atoms with Gasteiger partial charge in [-0.15, -0.1) is 0 Å². The molecule has 0 aromatic heterocycles. The van der Waals surface area contributed by atoms with Gasteiger partial charge in [0.05, 0.1) is 19.3 Å². The molecule has 5 nitrogen and oxygen atoms in total. The molecule has 0 aliphatic heterocycles. The van der Waals surface area contributed by atoms with Gasteiger partial charge in [-0.05, 0) is 34.7 Å². The molecule has 5 heteroatoms. The number of benzene rings is 2. The molecule has 2 aromatic carbocycles. The lowest BCUT2D eigenvalue weighted by molar-refractivity contribution is -0.133. The van der Waals surface area contributed by atoms with Crippen molar-refractivity contribution in [3.05, 3.63) is 54.2 Å². The van der Waals surface area contributed by atoms with Gasteiger partial charge in [-0.3, -0.25) is 5.32 Å². The third-order valence-electron chi connectivity index (χ3n) is 3.86. The van der Waals surface area contributed by atoms with Gasteiger partial charge in [0, 0.05) is 6.20 Å². The summed E-state index contributed by atoms with van der Waals surface area (Å²) in [5.74, 6) is -0.524. The quantitative estimate of drug-likeness (QED) is 0.588. The van der Waals surface area contributed by atoms with Gasteiger partial charge in [-0.1, -0.05) is 42.5 Å². The molecule has 1 aliphatic carbocycles. The molecule has 3 rings (SSSR count). The Hall–Kier alpha value is -3.08. The van der Waals surface area contributed by atoms with E-state index in [-0.39, 0.29) is 12.2 Å². The van der Waals surface area contributed by atoms with Crippen molar-refractivity contribution in [3.8, 4) is 22.3 Å². The maximum atomic E-state index is 12.2. The van der Waals surface area contributed by atoms with Crippen molar-refractivity contribution in [2.24, 2.45) is 0 Å². The first kappa shape index (κ1) is 15.8. The molecule has 0 heterocycles. The summed E-state index contributed by atoms with van der Waals surface area (Å²) in [4.78, 5) is 23.7. The van der Waals surface area contributed by atoms with Gasteiger partial charge in [0.15, 0.2) is 0 Å². The largest absolute Gasteiger partial charge is 0.465 e. The summed E-state index contributed by atoms with van der Waals surface area (Å²) in [6.07, 6.45) is 0.717. The molecular formula is C19H17NO4. The number of nitrogens with one attached hydrogen (secondary N) is 1. The summed E-state index contributed by atoms with van der Waals surface area (Å²) in [5, 5.41) is 2.47. The van der Waals surface area contributed by atoms with Gasteiger partial charge in [-0.25, -0.2) is 9.59 Å². The second-order valence-corrected chi connectivity index (χ2v) is 5.19. The van der Waals surface area contributed by atoms with E-state index in [1.807, 2.05) is 42.5 Å². The zero-order valence-corrected chi connectivity index (χ0v) is 13.5. The van der Waals surface area contributed by atoms with Crippen LogP contribution in [-0.2, 0) is 14.3 Å². The Kier molecular flexibility index (Phi) is 4.33. The van der Waals surface area contributed by atoms with E-state index in [0.29, 0.717) is 0 Å². The SMILES string of the molecule is CCOC(=O)NC=C(C(=O)OC)c1cccc2c1-c1ccccc1-2. The van der Waals surface area contributed by atoms with Crippen molar-refractivity contribution in [3.63, 3.8) is 0 Å². The van der Waals surface area contributed by atoms with Gasteiger partial charge >= 0.3 is 12.1 Å². The molecule has 24 heavy (non-hydrogen) atoms. The number of alkyl carbamates (subject to hydrolysis) is 1. The standard InChI is InChI=1S/C19H17NO4/c1-3-24-19(22)20-11-16(18(21)23-2)15-10-6-9-14-12-7-4-5-8-13(12)17(14)15/h4-11H,3H2,1-2H3,(H,20,22). The lowest BCUT2D eigenvalue weighted by Gasteiger charge is -2.27. The third kappa shape index (κ3) is 2.65. The first-order chi connectivity index (χ1) is 11.7.